The molecule has 1 amide bonds. The molecule has 2 unspecified atom stereocenters. The molecular weight excluding hydrogens is 352 g/mol. The van der Waals surface area contributed by atoms with Crippen molar-refractivity contribution in [1.29, 1.82) is 0 Å². The number of thioether (sulfide) groups is 2. The van der Waals surface area contributed by atoms with Crippen LogP contribution in [0.2, 0.25) is 0 Å². The number of piperidine rings is 1. The van der Waals surface area contributed by atoms with E-state index in [9.17, 15) is 4.79 Å². The first kappa shape index (κ1) is 17.7. The fourth-order valence-electron chi connectivity index (χ4n) is 4.32. The Morgan fingerprint density at radius 1 is 1.44 bits per heavy atom. The van der Waals surface area contributed by atoms with Crippen molar-refractivity contribution in [2.24, 2.45) is 5.41 Å². The molecule has 4 rings (SSSR count). The largest absolute Gasteiger partial charge is 0.334 e. The number of nitrogens with zero attached hydrogens (tertiary/aromatic N) is 3. The van der Waals surface area contributed by atoms with Gasteiger partial charge in [0.05, 0.1) is 11.8 Å². The van der Waals surface area contributed by atoms with Gasteiger partial charge in [-0.05, 0) is 44.7 Å². The van der Waals surface area contributed by atoms with E-state index >= 15 is 0 Å². The molecule has 0 bridgehead atoms. The van der Waals surface area contributed by atoms with Crippen LogP contribution in [0.3, 0.4) is 0 Å². The Hall–Kier alpha value is -0.660. The third kappa shape index (κ3) is 3.60. The van der Waals surface area contributed by atoms with Gasteiger partial charge in [0.15, 0.2) is 0 Å². The molecule has 2 aliphatic heterocycles. The minimum Gasteiger partial charge on any atom is -0.334 e. The van der Waals surface area contributed by atoms with E-state index in [0.29, 0.717) is 23.9 Å². The molecule has 3 fully saturated rings. The van der Waals surface area contributed by atoms with Gasteiger partial charge in [0, 0.05) is 42.2 Å². The first-order chi connectivity index (χ1) is 12.2. The van der Waals surface area contributed by atoms with Gasteiger partial charge >= 0.3 is 0 Å². The number of imidazole rings is 1. The van der Waals surface area contributed by atoms with Crippen molar-refractivity contribution in [2.75, 3.05) is 30.3 Å². The monoisotopic (exact) mass is 380 g/mol. The fourth-order valence-corrected chi connectivity index (χ4v) is 6.93. The number of hydrogen-bond acceptors (Lipinski definition) is 5. The number of rotatable bonds is 5. The number of nitrogens with one attached hydrogen (secondary N) is 1. The molecule has 2 atom stereocenters. The summed E-state index contributed by atoms with van der Waals surface area (Å²) in [7, 11) is 0. The molecule has 0 radical (unpaired) electrons. The average molecular weight is 381 g/mol. The lowest BCUT2D eigenvalue weighted by molar-refractivity contribution is -0.132. The second kappa shape index (κ2) is 7.53. The highest BCUT2D eigenvalue weighted by Gasteiger charge is 2.58. The van der Waals surface area contributed by atoms with Crippen molar-refractivity contribution in [2.45, 2.75) is 50.6 Å². The SMILES string of the molecule is CCn1ccnc1CN(C(=O)C1CSCCS1)C1CC12CCNCC2. The zero-order chi connectivity index (χ0) is 17.3. The molecule has 138 valence electrons. The molecule has 5 nitrogen and oxygen atoms in total. The lowest BCUT2D eigenvalue weighted by Gasteiger charge is -2.32. The number of hydrogen-bond donors (Lipinski definition) is 1. The number of carbonyl (C=O) groups is 1. The predicted octanol–water partition coefficient (Wildman–Crippen LogP) is 2.22. The lowest BCUT2D eigenvalue weighted by atomic mass is 9.93. The van der Waals surface area contributed by atoms with Crippen molar-refractivity contribution in [3.63, 3.8) is 0 Å². The summed E-state index contributed by atoms with van der Waals surface area (Å²) in [6.45, 7) is 5.90. The zero-order valence-corrected chi connectivity index (χ0v) is 16.6. The molecule has 1 aromatic heterocycles. The van der Waals surface area contributed by atoms with Gasteiger partial charge in [-0.3, -0.25) is 4.79 Å². The molecular formula is C18H28N4OS2. The third-order valence-corrected chi connectivity index (χ3v) is 8.69. The summed E-state index contributed by atoms with van der Waals surface area (Å²) in [6.07, 6.45) is 7.47. The van der Waals surface area contributed by atoms with Crippen LogP contribution in [0.25, 0.3) is 0 Å². The summed E-state index contributed by atoms with van der Waals surface area (Å²) in [4.78, 5) is 20.1. The molecule has 0 aromatic carbocycles. The van der Waals surface area contributed by atoms with E-state index in [2.05, 4.69) is 26.7 Å². The maximum absolute atomic E-state index is 13.4. The highest BCUT2D eigenvalue weighted by atomic mass is 32.2. The van der Waals surface area contributed by atoms with Gasteiger partial charge in [0.2, 0.25) is 5.91 Å². The topological polar surface area (TPSA) is 50.2 Å². The van der Waals surface area contributed by atoms with E-state index in [1.165, 1.54) is 25.0 Å². The molecule has 3 heterocycles. The van der Waals surface area contributed by atoms with Crippen LogP contribution in [-0.2, 0) is 17.9 Å². The summed E-state index contributed by atoms with van der Waals surface area (Å²) >= 11 is 3.78. The summed E-state index contributed by atoms with van der Waals surface area (Å²) in [5, 5.41) is 3.60. The van der Waals surface area contributed by atoms with E-state index < -0.39 is 0 Å². The van der Waals surface area contributed by atoms with Gasteiger partial charge in [-0.25, -0.2) is 4.98 Å². The quantitative estimate of drug-likeness (QED) is 0.849. The second-order valence-electron chi connectivity index (χ2n) is 7.36. The maximum Gasteiger partial charge on any atom is 0.237 e. The summed E-state index contributed by atoms with van der Waals surface area (Å²) < 4.78 is 2.17. The molecule has 3 aliphatic rings. The maximum atomic E-state index is 13.4. The normalized spacial score (nSPS) is 28.0. The van der Waals surface area contributed by atoms with Gasteiger partial charge in [0.25, 0.3) is 0 Å². The lowest BCUT2D eigenvalue weighted by Crippen LogP contribution is -2.44. The van der Waals surface area contributed by atoms with Crippen LogP contribution in [0.1, 0.15) is 32.0 Å². The van der Waals surface area contributed by atoms with Gasteiger partial charge in [-0.1, -0.05) is 0 Å². The van der Waals surface area contributed by atoms with Crippen LogP contribution in [0, 0.1) is 5.41 Å². The Bertz CT molecular complexity index is 608. The number of aryl methyl sites for hydroxylation is 1. The highest BCUT2D eigenvalue weighted by Crippen LogP contribution is 2.56. The molecule has 7 heteroatoms. The Morgan fingerprint density at radius 3 is 3.00 bits per heavy atom. The van der Waals surface area contributed by atoms with Crippen molar-refractivity contribution in [1.82, 2.24) is 19.8 Å². The van der Waals surface area contributed by atoms with E-state index in [1.807, 2.05) is 35.9 Å². The summed E-state index contributed by atoms with van der Waals surface area (Å²) in [5.74, 6) is 4.61. The molecule has 1 aromatic rings. The third-order valence-electron chi connectivity index (χ3n) is 5.95. The Kier molecular flexibility index (Phi) is 5.34. The average Bonchev–Trinajstić information content (AvgIpc) is 3.14. The van der Waals surface area contributed by atoms with Gasteiger partial charge in [-0.15, -0.1) is 11.8 Å². The Balaban J connectivity index is 1.54. The zero-order valence-electron chi connectivity index (χ0n) is 14.9. The number of amides is 1. The van der Waals surface area contributed by atoms with Crippen LogP contribution >= 0.6 is 23.5 Å². The number of aromatic nitrogens is 2. The predicted molar refractivity (Wildman–Crippen MR) is 105 cm³/mol. The first-order valence-electron chi connectivity index (χ1n) is 9.44. The van der Waals surface area contributed by atoms with Crippen LogP contribution in [0.4, 0.5) is 0 Å². The van der Waals surface area contributed by atoms with Crippen LogP contribution in [0.5, 0.6) is 0 Å². The van der Waals surface area contributed by atoms with Crippen molar-refractivity contribution in [3.8, 4) is 0 Å². The summed E-state index contributed by atoms with van der Waals surface area (Å²) in [6, 6.07) is 0.414. The van der Waals surface area contributed by atoms with Crippen molar-refractivity contribution in [3.05, 3.63) is 18.2 Å². The molecule has 1 spiro atoms. The fraction of sp³-hybridized carbons (Fsp3) is 0.778. The molecule has 1 N–H and O–H groups in total. The Morgan fingerprint density at radius 2 is 2.28 bits per heavy atom. The number of carbonyl (C=O) groups excluding carboxylic acids is 1. The van der Waals surface area contributed by atoms with E-state index in [4.69, 9.17) is 0 Å². The van der Waals surface area contributed by atoms with Crippen molar-refractivity contribution < 1.29 is 4.79 Å². The Labute approximate surface area is 158 Å². The molecule has 25 heavy (non-hydrogen) atoms. The van der Waals surface area contributed by atoms with Crippen LogP contribution < -0.4 is 5.32 Å². The molecule has 2 saturated heterocycles. The minimum atomic E-state index is 0.128. The van der Waals surface area contributed by atoms with Gasteiger partial charge in [0.1, 0.15) is 5.82 Å². The van der Waals surface area contributed by atoms with Gasteiger partial charge in [-0.2, -0.15) is 11.8 Å². The minimum absolute atomic E-state index is 0.128. The first-order valence-corrected chi connectivity index (χ1v) is 11.6. The smallest absolute Gasteiger partial charge is 0.237 e. The van der Waals surface area contributed by atoms with E-state index in [0.717, 1.165) is 37.0 Å². The van der Waals surface area contributed by atoms with E-state index in [-0.39, 0.29) is 5.25 Å². The van der Waals surface area contributed by atoms with Crippen molar-refractivity contribution >= 4 is 29.4 Å². The highest BCUT2D eigenvalue weighted by molar-refractivity contribution is 8.07. The molecule has 1 saturated carbocycles. The standard InChI is InChI=1S/C18H28N4OS2/c1-2-21-8-7-20-16(21)12-22(17(23)14-13-24-9-10-25-14)15-11-18(15)3-5-19-6-4-18/h7-8,14-15,19H,2-6,9-13H2,1H3. The second-order valence-corrected chi connectivity index (χ2v) is 9.82. The van der Waals surface area contributed by atoms with Crippen LogP contribution in [0.15, 0.2) is 12.4 Å². The summed E-state index contributed by atoms with van der Waals surface area (Å²) in [5.41, 5.74) is 0.372. The molecule has 1 aliphatic carbocycles. The van der Waals surface area contributed by atoms with Crippen LogP contribution in [-0.4, -0.2) is 62.0 Å². The van der Waals surface area contributed by atoms with E-state index in [1.54, 1.807) is 0 Å². The van der Waals surface area contributed by atoms with Gasteiger partial charge < -0.3 is 14.8 Å².